The van der Waals surface area contributed by atoms with Crippen molar-refractivity contribution in [3.8, 4) is 0 Å². The highest BCUT2D eigenvalue weighted by atomic mass is 16.6. The summed E-state index contributed by atoms with van der Waals surface area (Å²) in [5.41, 5.74) is -5.92. The number of benzene rings is 2. The number of rotatable bonds is 7. The molecule has 0 spiro atoms. The van der Waals surface area contributed by atoms with Crippen LogP contribution in [0, 0.1) is 28.1 Å². The van der Waals surface area contributed by atoms with Crippen LogP contribution in [0.5, 0.6) is 0 Å². The van der Waals surface area contributed by atoms with Gasteiger partial charge in [-0.2, -0.15) is 0 Å². The van der Waals surface area contributed by atoms with E-state index in [-0.39, 0.29) is 30.4 Å². The van der Waals surface area contributed by atoms with E-state index in [0.29, 0.717) is 0 Å². The molecular weight excluding hydrogens is 632 g/mol. The molecular formula is C38H46O11. The third kappa shape index (κ3) is 5.94. The van der Waals surface area contributed by atoms with E-state index in [0.717, 1.165) is 0 Å². The number of Topliss-reactive ketones (excluding diaryl/α,β-unsaturated/α-hetero) is 1. The molecule has 0 heterocycles. The lowest BCUT2D eigenvalue weighted by Gasteiger charge is -2.69. The second kappa shape index (κ2) is 13.0. The Morgan fingerprint density at radius 3 is 1.80 bits per heavy atom. The van der Waals surface area contributed by atoms with Gasteiger partial charge in [-0.05, 0) is 54.9 Å². The SMILES string of the molecule is CC[C@@]1(C)C[C@@H](OC(=O)c2ccccc2)[C@H]2[C@](O)(C1=O)[C@H](OC(C)=O)C[C@H]1C(C)(C)[C@H](O)[C@H](OC(C)=O)[C@H](OC(=O)c3ccccc3)[C@@]12C. The van der Waals surface area contributed by atoms with Crippen molar-refractivity contribution in [2.24, 2.45) is 28.1 Å². The molecule has 11 nitrogen and oxygen atoms in total. The van der Waals surface area contributed by atoms with Gasteiger partial charge in [0.2, 0.25) is 0 Å². The van der Waals surface area contributed by atoms with Crippen LogP contribution in [0.1, 0.15) is 88.4 Å². The van der Waals surface area contributed by atoms with Crippen LogP contribution in [0.25, 0.3) is 0 Å². The van der Waals surface area contributed by atoms with Crippen LogP contribution < -0.4 is 0 Å². The predicted molar refractivity (Wildman–Crippen MR) is 175 cm³/mol. The van der Waals surface area contributed by atoms with E-state index in [1.165, 1.54) is 13.8 Å². The number of carbonyl (C=O) groups excluding carboxylic acids is 5. The molecule has 0 aromatic heterocycles. The fraction of sp³-hybridized carbons (Fsp3) is 0.553. The molecule has 5 rings (SSSR count). The Kier molecular flexibility index (Phi) is 9.59. The number of fused-ring (bicyclic) bond motifs is 3. The highest BCUT2D eigenvalue weighted by molar-refractivity contribution is 5.95. The maximum absolute atomic E-state index is 14.8. The van der Waals surface area contributed by atoms with Crippen LogP contribution in [0.3, 0.4) is 0 Å². The number of hydrogen-bond donors (Lipinski definition) is 2. The molecule has 0 radical (unpaired) electrons. The second-order valence-corrected chi connectivity index (χ2v) is 14.8. The number of aliphatic hydroxyl groups is 2. The van der Waals surface area contributed by atoms with E-state index in [2.05, 4.69) is 0 Å². The van der Waals surface area contributed by atoms with Crippen molar-refractivity contribution in [2.75, 3.05) is 0 Å². The maximum Gasteiger partial charge on any atom is 0.338 e. The number of ether oxygens (including phenoxy) is 4. The van der Waals surface area contributed by atoms with Gasteiger partial charge in [-0.3, -0.25) is 14.4 Å². The quantitative estimate of drug-likeness (QED) is 0.314. The summed E-state index contributed by atoms with van der Waals surface area (Å²) in [6, 6.07) is 16.4. The first kappa shape index (κ1) is 36.2. The van der Waals surface area contributed by atoms with Crippen molar-refractivity contribution >= 4 is 29.7 Å². The topological polar surface area (TPSA) is 163 Å². The minimum Gasteiger partial charge on any atom is -0.459 e. The number of ketones is 1. The molecule has 2 N–H and O–H groups in total. The van der Waals surface area contributed by atoms with Crippen LogP contribution >= 0.6 is 0 Å². The van der Waals surface area contributed by atoms with Gasteiger partial charge >= 0.3 is 23.9 Å². The van der Waals surface area contributed by atoms with Crippen molar-refractivity contribution in [3.05, 3.63) is 71.8 Å². The summed E-state index contributed by atoms with van der Waals surface area (Å²) >= 11 is 0. The normalized spacial score (nSPS) is 36.3. The molecule has 2 aromatic rings. The fourth-order valence-electron chi connectivity index (χ4n) is 9.08. The lowest BCUT2D eigenvalue weighted by molar-refractivity contribution is -0.314. The zero-order valence-electron chi connectivity index (χ0n) is 29.0. The van der Waals surface area contributed by atoms with E-state index in [1.54, 1.807) is 95.3 Å². The highest BCUT2D eigenvalue weighted by Gasteiger charge is 2.78. The van der Waals surface area contributed by atoms with Gasteiger partial charge in [0.1, 0.15) is 24.4 Å². The third-order valence-electron chi connectivity index (χ3n) is 11.6. The molecule has 0 amide bonds. The van der Waals surface area contributed by atoms with Gasteiger partial charge in [-0.25, -0.2) is 9.59 Å². The first-order valence-electron chi connectivity index (χ1n) is 16.7. The lowest BCUT2D eigenvalue weighted by Crippen LogP contribution is -2.80. The zero-order chi connectivity index (χ0) is 36.1. The predicted octanol–water partition coefficient (Wildman–Crippen LogP) is 4.46. The summed E-state index contributed by atoms with van der Waals surface area (Å²) in [4.78, 5) is 67.5. The molecule has 0 bridgehead atoms. The van der Waals surface area contributed by atoms with Crippen LogP contribution in [0.15, 0.2) is 60.7 Å². The summed E-state index contributed by atoms with van der Waals surface area (Å²) in [6.07, 6.45) is -6.77. The van der Waals surface area contributed by atoms with Crippen molar-refractivity contribution in [3.63, 3.8) is 0 Å². The van der Waals surface area contributed by atoms with Crippen molar-refractivity contribution in [1.82, 2.24) is 0 Å². The molecule has 0 aliphatic heterocycles. The Labute approximate surface area is 286 Å². The van der Waals surface area contributed by atoms with Gasteiger partial charge < -0.3 is 29.2 Å². The first-order valence-corrected chi connectivity index (χ1v) is 16.7. The lowest BCUT2D eigenvalue weighted by atomic mass is 9.38. The Morgan fingerprint density at radius 2 is 1.31 bits per heavy atom. The number of carbonyl (C=O) groups is 5. The second-order valence-electron chi connectivity index (χ2n) is 14.8. The van der Waals surface area contributed by atoms with E-state index >= 15 is 0 Å². The third-order valence-corrected chi connectivity index (χ3v) is 11.6. The summed E-state index contributed by atoms with van der Waals surface area (Å²) in [6.45, 7) is 11.0. The number of aliphatic hydroxyl groups excluding tert-OH is 1. The van der Waals surface area contributed by atoms with Crippen LogP contribution in [0.4, 0.5) is 0 Å². The fourth-order valence-corrected chi connectivity index (χ4v) is 9.08. The Balaban J connectivity index is 1.78. The largest absolute Gasteiger partial charge is 0.459 e. The molecule has 0 unspecified atom stereocenters. The average Bonchev–Trinajstić information content (AvgIpc) is 3.05. The average molecular weight is 679 g/mol. The van der Waals surface area contributed by atoms with Crippen LogP contribution in [-0.2, 0) is 33.3 Å². The molecule has 0 saturated heterocycles. The molecule has 49 heavy (non-hydrogen) atoms. The van der Waals surface area contributed by atoms with Gasteiger partial charge in [0, 0.05) is 30.6 Å². The zero-order valence-corrected chi connectivity index (χ0v) is 29.0. The van der Waals surface area contributed by atoms with Crippen LogP contribution in [-0.4, -0.2) is 76.0 Å². The van der Waals surface area contributed by atoms with E-state index in [9.17, 15) is 34.2 Å². The summed E-state index contributed by atoms with van der Waals surface area (Å²) in [5.74, 6) is -5.71. The Bertz CT molecular complexity index is 1610. The van der Waals surface area contributed by atoms with Crippen molar-refractivity contribution in [2.45, 2.75) is 104 Å². The monoisotopic (exact) mass is 678 g/mol. The summed E-state index contributed by atoms with van der Waals surface area (Å²) < 4.78 is 24.1. The molecule has 3 fully saturated rings. The van der Waals surface area contributed by atoms with E-state index in [4.69, 9.17) is 18.9 Å². The minimum atomic E-state index is -2.45. The van der Waals surface area contributed by atoms with Gasteiger partial charge in [-0.15, -0.1) is 0 Å². The van der Waals surface area contributed by atoms with Gasteiger partial charge in [0.25, 0.3) is 0 Å². The standard InChI is InChI=1S/C38H46O11/c1-8-36(6)20-25(48-32(42)23-15-11-9-12-16-23)29-37(7)26(19-27(46-21(2)39)38(29,45)34(36)44)35(4,5)30(41)28(47-22(3)40)31(37)49-33(43)24-17-13-10-14-18-24/h9-18,25-31,41,45H,8,19-20H2,1-7H3/t25-,26+,27-,28+,29-,30-,31+,36+,37+,38+/m1/s1. The van der Waals surface area contributed by atoms with Gasteiger partial charge in [-0.1, -0.05) is 71.0 Å². The molecule has 3 aliphatic rings. The maximum atomic E-state index is 14.8. The highest BCUT2D eigenvalue weighted by Crippen LogP contribution is 2.67. The first-order chi connectivity index (χ1) is 22.9. The molecule has 2 aromatic carbocycles. The van der Waals surface area contributed by atoms with E-state index < -0.39 is 93.9 Å². The molecule has 11 heteroatoms. The minimum absolute atomic E-state index is 0.0104. The summed E-state index contributed by atoms with van der Waals surface area (Å²) in [7, 11) is 0. The molecule has 3 saturated carbocycles. The molecule has 3 aliphatic carbocycles. The Morgan fingerprint density at radius 1 is 0.796 bits per heavy atom. The van der Waals surface area contributed by atoms with Gasteiger partial charge in [0.15, 0.2) is 17.5 Å². The number of hydrogen-bond acceptors (Lipinski definition) is 11. The molecule has 264 valence electrons. The van der Waals surface area contributed by atoms with Crippen LogP contribution in [0.2, 0.25) is 0 Å². The molecule has 10 atom stereocenters. The van der Waals surface area contributed by atoms with Crippen molar-refractivity contribution in [1.29, 1.82) is 0 Å². The summed E-state index contributed by atoms with van der Waals surface area (Å²) in [5, 5.41) is 25.0. The number of esters is 4. The Hall–Kier alpha value is -4.09. The van der Waals surface area contributed by atoms with Crippen molar-refractivity contribution < 1.29 is 53.1 Å². The van der Waals surface area contributed by atoms with E-state index in [1.807, 2.05) is 0 Å². The smallest absolute Gasteiger partial charge is 0.338 e. The van der Waals surface area contributed by atoms with Gasteiger partial charge in [0.05, 0.1) is 11.1 Å².